The molecular weight excluding hydrogens is 160 g/mol. The maximum Gasteiger partial charge on any atom is 0.0602 e. The van der Waals surface area contributed by atoms with E-state index in [0.717, 1.165) is 6.54 Å². The van der Waals surface area contributed by atoms with Crippen LogP contribution >= 0.6 is 0 Å². The van der Waals surface area contributed by atoms with Crippen molar-refractivity contribution in [1.29, 1.82) is 0 Å². The van der Waals surface area contributed by atoms with Crippen molar-refractivity contribution in [2.75, 3.05) is 6.54 Å². The molecule has 1 N–H and O–H groups in total. The molecule has 0 saturated carbocycles. The molecule has 1 aromatic rings. The first-order valence-electron chi connectivity index (χ1n) is 5.03. The molecule has 1 aliphatic rings. The number of nitrogens with one attached hydrogen (secondary N) is 1. The second-order valence-corrected chi connectivity index (χ2v) is 3.71. The molecule has 1 fully saturated rings. The number of hydrogen-bond donors (Lipinski definition) is 1. The molecule has 2 rings (SSSR count). The summed E-state index contributed by atoms with van der Waals surface area (Å²) in [7, 11) is 0. The molecule has 1 saturated heterocycles. The second kappa shape index (κ2) is 3.88. The van der Waals surface area contributed by atoms with Gasteiger partial charge in [-0.05, 0) is 37.9 Å². The highest BCUT2D eigenvalue weighted by molar-refractivity contribution is 5.21. The van der Waals surface area contributed by atoms with Gasteiger partial charge in [0.25, 0.3) is 0 Å². The summed E-state index contributed by atoms with van der Waals surface area (Å²) in [5, 5.41) is 3.51. The summed E-state index contributed by atoms with van der Waals surface area (Å²) in [6.07, 6.45) is 5.76. The first kappa shape index (κ1) is 8.70. The minimum Gasteiger partial charge on any atom is -0.309 e. The van der Waals surface area contributed by atoms with E-state index in [0.29, 0.717) is 6.04 Å². The van der Waals surface area contributed by atoms with Gasteiger partial charge in [0.15, 0.2) is 0 Å². The average molecular weight is 176 g/mol. The highest BCUT2D eigenvalue weighted by atomic mass is 14.9. The van der Waals surface area contributed by atoms with E-state index in [2.05, 4.69) is 23.3 Å². The summed E-state index contributed by atoms with van der Waals surface area (Å²) in [6.45, 7) is 3.28. The average Bonchev–Trinajstić information content (AvgIpc) is 2.20. The van der Waals surface area contributed by atoms with Crippen LogP contribution in [0.25, 0.3) is 0 Å². The fourth-order valence-electron chi connectivity index (χ4n) is 1.95. The normalized spacial score (nSPS) is 23.0. The smallest absolute Gasteiger partial charge is 0.0602 e. The Morgan fingerprint density at radius 1 is 1.46 bits per heavy atom. The van der Waals surface area contributed by atoms with E-state index >= 15 is 0 Å². The Morgan fingerprint density at radius 3 is 3.08 bits per heavy atom. The number of rotatable bonds is 1. The molecule has 0 amide bonds. The lowest BCUT2D eigenvalue weighted by Crippen LogP contribution is -2.28. The largest absolute Gasteiger partial charge is 0.309 e. The summed E-state index contributed by atoms with van der Waals surface area (Å²) < 4.78 is 0. The highest BCUT2D eigenvalue weighted by Gasteiger charge is 2.16. The van der Waals surface area contributed by atoms with Crippen molar-refractivity contribution in [1.82, 2.24) is 10.3 Å². The first-order chi connectivity index (χ1) is 6.38. The Morgan fingerprint density at radius 2 is 2.38 bits per heavy atom. The van der Waals surface area contributed by atoms with Gasteiger partial charge >= 0.3 is 0 Å². The summed E-state index contributed by atoms with van der Waals surface area (Å²) in [4.78, 5) is 4.44. The molecule has 0 bridgehead atoms. The summed E-state index contributed by atoms with van der Waals surface area (Å²) in [6, 6.07) is 4.63. The van der Waals surface area contributed by atoms with E-state index in [9.17, 15) is 0 Å². The molecule has 1 unspecified atom stereocenters. The number of hydrogen-bond acceptors (Lipinski definition) is 2. The molecule has 0 spiro atoms. The predicted molar refractivity (Wildman–Crippen MR) is 53.6 cm³/mol. The van der Waals surface area contributed by atoms with Gasteiger partial charge in [-0.3, -0.25) is 4.98 Å². The van der Waals surface area contributed by atoms with Crippen LogP contribution < -0.4 is 5.32 Å². The molecule has 0 aliphatic carbocycles. The summed E-state index contributed by atoms with van der Waals surface area (Å²) in [5.74, 6) is 0. The van der Waals surface area contributed by atoms with Gasteiger partial charge in [0.1, 0.15) is 0 Å². The highest BCUT2D eigenvalue weighted by Crippen LogP contribution is 2.23. The number of piperidine rings is 1. The van der Waals surface area contributed by atoms with Crippen LogP contribution in [-0.4, -0.2) is 11.5 Å². The molecule has 13 heavy (non-hydrogen) atoms. The Labute approximate surface area is 79.4 Å². The minimum absolute atomic E-state index is 0.495. The van der Waals surface area contributed by atoms with Gasteiger partial charge in [-0.2, -0.15) is 0 Å². The van der Waals surface area contributed by atoms with Gasteiger partial charge in [0.05, 0.1) is 5.69 Å². The fourth-order valence-corrected chi connectivity index (χ4v) is 1.95. The van der Waals surface area contributed by atoms with E-state index in [1.54, 1.807) is 0 Å². The number of aryl methyl sites for hydroxylation is 1. The molecule has 2 heterocycles. The standard InChI is InChI=1S/C11H16N2/c1-9-5-4-8-13-11(9)10-6-2-3-7-12-10/h4-5,8,10,12H,2-3,6-7H2,1H3. The van der Waals surface area contributed by atoms with E-state index in [-0.39, 0.29) is 0 Å². The third-order valence-electron chi connectivity index (χ3n) is 2.69. The number of aromatic nitrogens is 1. The Balaban J connectivity index is 2.18. The van der Waals surface area contributed by atoms with Crippen LogP contribution in [-0.2, 0) is 0 Å². The van der Waals surface area contributed by atoms with Crippen molar-refractivity contribution in [2.24, 2.45) is 0 Å². The maximum absolute atomic E-state index is 4.44. The molecule has 1 atom stereocenters. The molecule has 2 nitrogen and oxygen atoms in total. The first-order valence-corrected chi connectivity index (χ1v) is 5.03. The lowest BCUT2D eigenvalue weighted by atomic mass is 9.99. The molecule has 0 aromatic carbocycles. The van der Waals surface area contributed by atoms with Crippen LogP contribution in [0, 0.1) is 6.92 Å². The van der Waals surface area contributed by atoms with Gasteiger partial charge in [0, 0.05) is 12.2 Å². The van der Waals surface area contributed by atoms with Gasteiger partial charge in [-0.15, -0.1) is 0 Å². The zero-order chi connectivity index (χ0) is 9.10. The summed E-state index contributed by atoms with van der Waals surface area (Å²) in [5.41, 5.74) is 2.55. The molecular formula is C11H16N2. The predicted octanol–water partition coefficient (Wildman–Crippen LogP) is 2.20. The Bertz CT molecular complexity index is 277. The lowest BCUT2D eigenvalue weighted by Gasteiger charge is -2.23. The van der Waals surface area contributed by atoms with E-state index < -0.39 is 0 Å². The van der Waals surface area contributed by atoms with Gasteiger partial charge in [0.2, 0.25) is 0 Å². The third kappa shape index (κ3) is 1.89. The zero-order valence-corrected chi connectivity index (χ0v) is 8.09. The Hall–Kier alpha value is -0.890. The topological polar surface area (TPSA) is 24.9 Å². The zero-order valence-electron chi connectivity index (χ0n) is 8.09. The number of nitrogens with zero attached hydrogens (tertiary/aromatic N) is 1. The van der Waals surface area contributed by atoms with E-state index in [1.165, 1.54) is 30.5 Å². The van der Waals surface area contributed by atoms with E-state index in [4.69, 9.17) is 0 Å². The van der Waals surface area contributed by atoms with Crippen LogP contribution in [0.15, 0.2) is 18.3 Å². The minimum atomic E-state index is 0.495. The van der Waals surface area contributed by atoms with Crippen LogP contribution in [0.5, 0.6) is 0 Å². The van der Waals surface area contributed by atoms with Crippen LogP contribution in [0.2, 0.25) is 0 Å². The van der Waals surface area contributed by atoms with Crippen molar-refractivity contribution in [3.63, 3.8) is 0 Å². The van der Waals surface area contributed by atoms with Crippen molar-refractivity contribution in [3.05, 3.63) is 29.6 Å². The van der Waals surface area contributed by atoms with Gasteiger partial charge in [-0.25, -0.2) is 0 Å². The van der Waals surface area contributed by atoms with Crippen molar-refractivity contribution < 1.29 is 0 Å². The SMILES string of the molecule is Cc1cccnc1C1CCCCN1. The molecule has 70 valence electrons. The fraction of sp³-hybridized carbons (Fsp3) is 0.545. The van der Waals surface area contributed by atoms with Crippen molar-refractivity contribution in [3.8, 4) is 0 Å². The van der Waals surface area contributed by atoms with Crippen LogP contribution in [0.1, 0.15) is 36.6 Å². The van der Waals surface area contributed by atoms with Crippen LogP contribution in [0.3, 0.4) is 0 Å². The van der Waals surface area contributed by atoms with Crippen LogP contribution in [0.4, 0.5) is 0 Å². The summed E-state index contributed by atoms with van der Waals surface area (Å²) >= 11 is 0. The molecule has 1 aliphatic heterocycles. The van der Waals surface area contributed by atoms with Gasteiger partial charge in [-0.1, -0.05) is 12.5 Å². The quantitative estimate of drug-likeness (QED) is 0.709. The number of pyridine rings is 1. The van der Waals surface area contributed by atoms with E-state index in [1.807, 2.05) is 12.3 Å². The Kier molecular flexibility index (Phi) is 2.60. The molecule has 2 heteroatoms. The van der Waals surface area contributed by atoms with Gasteiger partial charge < -0.3 is 5.32 Å². The third-order valence-corrected chi connectivity index (χ3v) is 2.69. The van der Waals surface area contributed by atoms with Crippen molar-refractivity contribution in [2.45, 2.75) is 32.2 Å². The molecule has 1 aromatic heterocycles. The second-order valence-electron chi connectivity index (χ2n) is 3.71. The monoisotopic (exact) mass is 176 g/mol. The van der Waals surface area contributed by atoms with Crippen molar-refractivity contribution >= 4 is 0 Å². The molecule has 0 radical (unpaired) electrons. The lowest BCUT2D eigenvalue weighted by molar-refractivity contribution is 0.404. The maximum atomic E-state index is 4.44.